The summed E-state index contributed by atoms with van der Waals surface area (Å²) in [6, 6.07) is -0.0670. The van der Waals surface area contributed by atoms with Gasteiger partial charge in [-0.25, -0.2) is 0 Å². The first-order chi connectivity index (χ1) is 8.26. The third-order valence-corrected chi connectivity index (χ3v) is 3.67. The molecule has 0 saturated heterocycles. The van der Waals surface area contributed by atoms with E-state index in [-0.39, 0.29) is 18.5 Å². The second-order valence-corrected chi connectivity index (χ2v) is 5.85. The zero-order valence-corrected chi connectivity index (χ0v) is 11.6. The Bertz CT molecular complexity index is 330. The van der Waals surface area contributed by atoms with E-state index in [2.05, 4.69) is 6.92 Å². The molecule has 0 spiro atoms. The van der Waals surface area contributed by atoms with E-state index in [1.54, 1.807) is 0 Å². The Labute approximate surface area is 109 Å². The molecule has 1 aliphatic carbocycles. The van der Waals surface area contributed by atoms with Gasteiger partial charge in [-0.3, -0.25) is 9.59 Å². The highest BCUT2D eigenvalue weighted by molar-refractivity contribution is 5.90. The highest BCUT2D eigenvalue weighted by atomic mass is 16.2. The molecule has 0 aromatic heterocycles. The lowest BCUT2D eigenvalue weighted by molar-refractivity contribution is -0.143. The fraction of sp³-hybridized carbons (Fsp3) is 0.846. The zero-order chi connectivity index (χ0) is 13.9. The van der Waals surface area contributed by atoms with Gasteiger partial charge < -0.3 is 16.4 Å². The van der Waals surface area contributed by atoms with Crippen molar-refractivity contribution in [3.05, 3.63) is 0 Å². The van der Waals surface area contributed by atoms with Gasteiger partial charge in [-0.2, -0.15) is 0 Å². The Morgan fingerprint density at radius 3 is 2.50 bits per heavy atom. The van der Waals surface area contributed by atoms with Crippen molar-refractivity contribution in [1.82, 2.24) is 4.90 Å². The van der Waals surface area contributed by atoms with Crippen LogP contribution in [0.25, 0.3) is 0 Å². The van der Waals surface area contributed by atoms with Gasteiger partial charge >= 0.3 is 0 Å². The molecule has 0 radical (unpaired) electrons. The molecule has 18 heavy (non-hydrogen) atoms. The van der Waals surface area contributed by atoms with Crippen LogP contribution in [0, 0.1) is 5.92 Å². The SMILES string of the molecule is CC1CCCC(N)(C(=O)N(CC(N)=O)C(C)C)C1. The van der Waals surface area contributed by atoms with Gasteiger partial charge in [0.1, 0.15) is 0 Å². The standard InChI is InChI=1S/C13H25N3O2/c1-9(2)16(8-11(14)17)12(18)13(15)6-4-5-10(3)7-13/h9-10H,4-8,15H2,1-3H3,(H2,14,17). The Hall–Kier alpha value is -1.10. The van der Waals surface area contributed by atoms with Crippen molar-refractivity contribution in [3.63, 3.8) is 0 Å². The summed E-state index contributed by atoms with van der Waals surface area (Å²) in [5.41, 5.74) is 10.6. The van der Waals surface area contributed by atoms with Crippen molar-refractivity contribution in [2.45, 2.75) is 58.0 Å². The normalized spacial score (nSPS) is 28.2. The van der Waals surface area contributed by atoms with Gasteiger partial charge in [0, 0.05) is 6.04 Å². The van der Waals surface area contributed by atoms with Gasteiger partial charge in [0.25, 0.3) is 0 Å². The number of hydrogen-bond acceptors (Lipinski definition) is 3. The summed E-state index contributed by atoms with van der Waals surface area (Å²) in [6.07, 6.45) is 3.46. The van der Waals surface area contributed by atoms with Crippen LogP contribution in [0.5, 0.6) is 0 Å². The van der Waals surface area contributed by atoms with E-state index in [0.29, 0.717) is 18.8 Å². The van der Waals surface area contributed by atoms with Gasteiger partial charge in [-0.1, -0.05) is 19.8 Å². The number of amides is 2. The van der Waals surface area contributed by atoms with E-state index in [9.17, 15) is 9.59 Å². The monoisotopic (exact) mass is 255 g/mol. The molecule has 2 unspecified atom stereocenters. The summed E-state index contributed by atoms with van der Waals surface area (Å²) >= 11 is 0. The molecule has 2 atom stereocenters. The smallest absolute Gasteiger partial charge is 0.243 e. The predicted molar refractivity (Wildman–Crippen MR) is 70.6 cm³/mol. The maximum atomic E-state index is 12.5. The summed E-state index contributed by atoms with van der Waals surface area (Å²) in [5, 5.41) is 0. The van der Waals surface area contributed by atoms with Crippen molar-refractivity contribution < 1.29 is 9.59 Å². The number of primary amides is 1. The van der Waals surface area contributed by atoms with Crippen LogP contribution < -0.4 is 11.5 Å². The Morgan fingerprint density at radius 2 is 2.06 bits per heavy atom. The maximum Gasteiger partial charge on any atom is 0.243 e. The average Bonchev–Trinajstić information content (AvgIpc) is 2.24. The van der Waals surface area contributed by atoms with Crippen LogP contribution in [-0.4, -0.2) is 34.8 Å². The number of nitrogens with zero attached hydrogens (tertiary/aromatic N) is 1. The molecule has 0 bridgehead atoms. The summed E-state index contributed by atoms with van der Waals surface area (Å²) in [5.74, 6) is -0.178. The molecule has 1 rings (SSSR count). The minimum atomic E-state index is -0.822. The molecule has 0 aromatic carbocycles. The van der Waals surface area contributed by atoms with Crippen molar-refractivity contribution in [2.24, 2.45) is 17.4 Å². The van der Waals surface area contributed by atoms with Crippen LogP contribution in [-0.2, 0) is 9.59 Å². The summed E-state index contributed by atoms with van der Waals surface area (Å²) in [6.45, 7) is 5.80. The molecule has 1 saturated carbocycles. The summed E-state index contributed by atoms with van der Waals surface area (Å²) in [4.78, 5) is 25.1. The van der Waals surface area contributed by atoms with Crippen molar-refractivity contribution in [3.8, 4) is 0 Å². The van der Waals surface area contributed by atoms with Gasteiger partial charge in [0.2, 0.25) is 11.8 Å². The molecule has 1 aliphatic rings. The number of carbonyl (C=O) groups excluding carboxylic acids is 2. The molecule has 2 amide bonds. The zero-order valence-electron chi connectivity index (χ0n) is 11.6. The third-order valence-electron chi connectivity index (χ3n) is 3.67. The first-order valence-electron chi connectivity index (χ1n) is 6.64. The fourth-order valence-corrected chi connectivity index (χ4v) is 2.73. The van der Waals surface area contributed by atoms with E-state index >= 15 is 0 Å². The van der Waals surface area contributed by atoms with Crippen LogP contribution in [0.4, 0.5) is 0 Å². The van der Waals surface area contributed by atoms with Crippen molar-refractivity contribution >= 4 is 11.8 Å². The number of hydrogen-bond donors (Lipinski definition) is 2. The molecule has 0 aromatic rings. The summed E-state index contributed by atoms with van der Waals surface area (Å²) < 4.78 is 0. The second kappa shape index (κ2) is 5.69. The Kier molecular flexibility index (Phi) is 4.73. The molecule has 104 valence electrons. The molecule has 1 fully saturated rings. The molecule has 0 heterocycles. The van der Waals surface area contributed by atoms with Crippen LogP contribution in [0.3, 0.4) is 0 Å². The lowest BCUT2D eigenvalue weighted by atomic mass is 9.76. The lowest BCUT2D eigenvalue weighted by Crippen LogP contribution is -2.60. The van der Waals surface area contributed by atoms with Crippen LogP contribution >= 0.6 is 0 Å². The van der Waals surface area contributed by atoms with Gasteiger partial charge in [0.15, 0.2) is 0 Å². The molecule has 5 nitrogen and oxygen atoms in total. The first-order valence-corrected chi connectivity index (χ1v) is 6.64. The van der Waals surface area contributed by atoms with Crippen LogP contribution in [0.1, 0.15) is 46.5 Å². The van der Waals surface area contributed by atoms with Crippen molar-refractivity contribution in [1.29, 1.82) is 0 Å². The molecule has 5 heteroatoms. The number of carbonyl (C=O) groups is 2. The quantitative estimate of drug-likeness (QED) is 0.771. The first kappa shape index (κ1) is 15.0. The minimum absolute atomic E-state index is 0.0518. The third kappa shape index (κ3) is 3.45. The van der Waals surface area contributed by atoms with Gasteiger partial charge in [-0.15, -0.1) is 0 Å². The Morgan fingerprint density at radius 1 is 1.44 bits per heavy atom. The van der Waals surface area contributed by atoms with E-state index < -0.39 is 11.4 Å². The number of rotatable bonds is 4. The van der Waals surface area contributed by atoms with E-state index in [1.165, 1.54) is 4.90 Å². The maximum absolute atomic E-state index is 12.5. The second-order valence-electron chi connectivity index (χ2n) is 5.85. The van der Waals surface area contributed by atoms with E-state index in [0.717, 1.165) is 12.8 Å². The van der Waals surface area contributed by atoms with Crippen molar-refractivity contribution in [2.75, 3.05) is 6.54 Å². The molecular formula is C13H25N3O2. The number of nitrogens with two attached hydrogens (primary N) is 2. The van der Waals surface area contributed by atoms with Gasteiger partial charge in [-0.05, 0) is 32.6 Å². The molecular weight excluding hydrogens is 230 g/mol. The lowest BCUT2D eigenvalue weighted by Gasteiger charge is -2.40. The highest BCUT2D eigenvalue weighted by Crippen LogP contribution is 2.32. The minimum Gasteiger partial charge on any atom is -0.368 e. The largest absolute Gasteiger partial charge is 0.368 e. The summed E-state index contributed by atoms with van der Waals surface area (Å²) in [7, 11) is 0. The van der Waals surface area contributed by atoms with Crippen LogP contribution in [0.2, 0.25) is 0 Å². The molecule has 0 aliphatic heterocycles. The topological polar surface area (TPSA) is 89.4 Å². The highest BCUT2D eigenvalue weighted by Gasteiger charge is 2.41. The van der Waals surface area contributed by atoms with E-state index in [4.69, 9.17) is 11.5 Å². The van der Waals surface area contributed by atoms with E-state index in [1.807, 2.05) is 13.8 Å². The van der Waals surface area contributed by atoms with Gasteiger partial charge in [0.05, 0.1) is 12.1 Å². The molecule has 4 N–H and O–H groups in total. The Balaban J connectivity index is 2.84. The predicted octanol–water partition coefficient (Wildman–Crippen LogP) is 0.616. The van der Waals surface area contributed by atoms with Crippen LogP contribution in [0.15, 0.2) is 0 Å². The fourth-order valence-electron chi connectivity index (χ4n) is 2.73. The average molecular weight is 255 g/mol.